The molecule has 0 unspecified atom stereocenters. The maximum absolute atomic E-state index is 12.4. The highest BCUT2D eigenvalue weighted by Crippen LogP contribution is 2.45. The molecule has 0 aliphatic carbocycles. The fourth-order valence-corrected chi connectivity index (χ4v) is 5.63. The molecule has 1 N–H and O–H groups in total. The molecule has 1 aromatic carbocycles. The van der Waals surface area contributed by atoms with Crippen LogP contribution >= 0.6 is 0 Å². The van der Waals surface area contributed by atoms with Gasteiger partial charge in [-0.1, -0.05) is 0 Å². The lowest BCUT2D eigenvalue weighted by Gasteiger charge is -2.44. The normalized spacial score (nSPS) is 29.0. The summed E-state index contributed by atoms with van der Waals surface area (Å²) in [5.74, 6) is 0.420. The molecule has 2 aliphatic heterocycles. The number of hydrogen-bond donors (Lipinski definition) is 1. The molecule has 0 saturated carbocycles. The quantitative estimate of drug-likeness (QED) is 0.816. The minimum Gasteiger partial charge on any atom is -0.485 e. The third-order valence-electron chi connectivity index (χ3n) is 4.56. The monoisotopic (exact) mass is 375 g/mol. The minimum absolute atomic E-state index is 0.0264. The SMILES string of the molecule is CC1(C)Oc2ccc(S(C)(=O)=O)cc2[C@H](N2CCCS2(=O)=O)[C@H]1O. The summed E-state index contributed by atoms with van der Waals surface area (Å²) in [5.41, 5.74) is -0.613. The standard InChI is InChI=1S/C15H21NO6S2/c1-15(2)14(17)13(16-7-4-8-24(16,20)21)11-9-10(23(3,18)19)5-6-12(11)22-15/h5-6,9,13-14,17H,4,7-8H2,1-3H3/t13-,14+/m0/s1. The first-order valence-electron chi connectivity index (χ1n) is 7.64. The van der Waals surface area contributed by atoms with E-state index in [1.807, 2.05) is 0 Å². The van der Waals surface area contributed by atoms with Gasteiger partial charge in [0.15, 0.2) is 9.84 Å². The summed E-state index contributed by atoms with van der Waals surface area (Å²) in [6.07, 6.45) is 0.446. The van der Waals surface area contributed by atoms with Gasteiger partial charge in [-0.2, -0.15) is 4.31 Å². The molecule has 0 amide bonds. The summed E-state index contributed by atoms with van der Waals surface area (Å²) in [7, 11) is -6.96. The van der Waals surface area contributed by atoms with Crippen LogP contribution in [0.15, 0.2) is 23.1 Å². The van der Waals surface area contributed by atoms with Gasteiger partial charge in [0.25, 0.3) is 0 Å². The first-order valence-corrected chi connectivity index (χ1v) is 11.1. The van der Waals surface area contributed by atoms with E-state index in [-0.39, 0.29) is 10.6 Å². The van der Waals surface area contributed by atoms with Crippen LogP contribution < -0.4 is 4.74 Å². The Labute approximate surface area is 142 Å². The predicted molar refractivity (Wildman–Crippen MR) is 88.1 cm³/mol. The summed E-state index contributed by atoms with van der Waals surface area (Å²) in [5, 5.41) is 10.7. The van der Waals surface area contributed by atoms with E-state index in [0.29, 0.717) is 24.3 Å². The Hall–Kier alpha value is -1.16. The first kappa shape index (κ1) is 17.7. The molecule has 0 bridgehead atoms. The van der Waals surface area contributed by atoms with Gasteiger partial charge < -0.3 is 9.84 Å². The number of ether oxygens (including phenoxy) is 1. The molecule has 3 rings (SSSR count). The zero-order chi connectivity index (χ0) is 17.9. The van der Waals surface area contributed by atoms with Gasteiger partial charge in [-0.25, -0.2) is 16.8 Å². The second-order valence-electron chi connectivity index (χ2n) is 6.85. The third kappa shape index (κ3) is 2.83. The number of sulfonamides is 1. The lowest BCUT2D eigenvalue weighted by Crippen LogP contribution is -2.53. The van der Waals surface area contributed by atoms with Crippen molar-refractivity contribution in [1.82, 2.24) is 4.31 Å². The number of sulfone groups is 1. The van der Waals surface area contributed by atoms with E-state index in [9.17, 15) is 21.9 Å². The van der Waals surface area contributed by atoms with Crippen LogP contribution in [0.1, 0.15) is 31.9 Å². The largest absolute Gasteiger partial charge is 0.485 e. The van der Waals surface area contributed by atoms with Crippen LogP contribution in [-0.4, -0.2) is 56.5 Å². The minimum atomic E-state index is -3.49. The fourth-order valence-electron chi connectivity index (χ4n) is 3.26. The molecule has 1 saturated heterocycles. The third-order valence-corrected chi connectivity index (χ3v) is 7.60. The number of aliphatic hydroxyl groups excluding tert-OH is 1. The van der Waals surface area contributed by atoms with Crippen molar-refractivity contribution in [1.29, 1.82) is 0 Å². The molecule has 2 aliphatic rings. The smallest absolute Gasteiger partial charge is 0.214 e. The van der Waals surface area contributed by atoms with Crippen molar-refractivity contribution in [2.45, 2.75) is 42.9 Å². The van der Waals surface area contributed by atoms with Gasteiger partial charge >= 0.3 is 0 Å². The molecule has 1 aromatic rings. The lowest BCUT2D eigenvalue weighted by atomic mass is 9.86. The summed E-state index contributed by atoms with van der Waals surface area (Å²) in [6.45, 7) is 3.66. The number of rotatable bonds is 2. The van der Waals surface area contributed by atoms with Crippen LogP contribution in [0.5, 0.6) is 5.75 Å². The molecule has 0 aromatic heterocycles. The lowest BCUT2D eigenvalue weighted by molar-refractivity contribution is -0.0782. The number of aliphatic hydroxyl groups is 1. The number of hydrogen-bond acceptors (Lipinski definition) is 6. The zero-order valence-electron chi connectivity index (χ0n) is 13.8. The van der Waals surface area contributed by atoms with Crippen molar-refractivity contribution < 1.29 is 26.7 Å². The predicted octanol–water partition coefficient (Wildman–Crippen LogP) is 0.699. The van der Waals surface area contributed by atoms with Crippen LogP contribution in [0.3, 0.4) is 0 Å². The Morgan fingerprint density at radius 3 is 2.54 bits per heavy atom. The second-order valence-corrected chi connectivity index (χ2v) is 10.9. The van der Waals surface area contributed by atoms with Crippen molar-refractivity contribution in [2.24, 2.45) is 0 Å². The van der Waals surface area contributed by atoms with E-state index in [4.69, 9.17) is 4.74 Å². The van der Waals surface area contributed by atoms with Crippen molar-refractivity contribution in [2.75, 3.05) is 18.6 Å². The van der Waals surface area contributed by atoms with E-state index in [2.05, 4.69) is 0 Å². The number of fused-ring (bicyclic) bond motifs is 1. The molecule has 2 atom stereocenters. The maximum Gasteiger partial charge on any atom is 0.214 e. The van der Waals surface area contributed by atoms with Gasteiger partial charge in [-0.05, 0) is 38.5 Å². The molecular formula is C15H21NO6S2. The van der Waals surface area contributed by atoms with Crippen molar-refractivity contribution in [3.05, 3.63) is 23.8 Å². The molecule has 134 valence electrons. The molecule has 9 heteroatoms. The summed E-state index contributed by atoms with van der Waals surface area (Å²) in [6, 6.07) is 3.49. The summed E-state index contributed by atoms with van der Waals surface area (Å²) in [4.78, 5) is 0.0679. The molecule has 2 heterocycles. The number of nitrogens with zero attached hydrogens (tertiary/aromatic N) is 1. The van der Waals surface area contributed by atoms with Crippen LogP contribution in [0.25, 0.3) is 0 Å². The molecule has 0 radical (unpaired) electrons. The Kier molecular flexibility index (Phi) is 3.99. The van der Waals surface area contributed by atoms with Gasteiger partial charge in [-0.3, -0.25) is 0 Å². The molecule has 0 spiro atoms. The highest BCUT2D eigenvalue weighted by molar-refractivity contribution is 7.90. The van der Waals surface area contributed by atoms with Gasteiger partial charge in [0, 0.05) is 18.4 Å². The highest BCUT2D eigenvalue weighted by atomic mass is 32.2. The highest BCUT2D eigenvalue weighted by Gasteiger charge is 2.49. The van der Waals surface area contributed by atoms with Crippen LogP contribution in [0.2, 0.25) is 0 Å². The van der Waals surface area contributed by atoms with E-state index in [1.54, 1.807) is 13.8 Å². The van der Waals surface area contributed by atoms with E-state index in [1.165, 1.54) is 22.5 Å². The van der Waals surface area contributed by atoms with Crippen molar-refractivity contribution in [3.8, 4) is 5.75 Å². The molecule has 1 fully saturated rings. The van der Waals surface area contributed by atoms with Crippen molar-refractivity contribution in [3.63, 3.8) is 0 Å². The van der Waals surface area contributed by atoms with Crippen LogP contribution in [0.4, 0.5) is 0 Å². The first-order chi connectivity index (χ1) is 10.9. The fraction of sp³-hybridized carbons (Fsp3) is 0.600. The van der Waals surface area contributed by atoms with E-state index >= 15 is 0 Å². The maximum atomic E-state index is 12.4. The second kappa shape index (κ2) is 5.42. The van der Waals surface area contributed by atoms with Crippen LogP contribution in [-0.2, 0) is 19.9 Å². The Bertz CT molecular complexity index is 875. The molecule has 7 nitrogen and oxygen atoms in total. The Morgan fingerprint density at radius 2 is 2.00 bits per heavy atom. The average Bonchev–Trinajstić information content (AvgIpc) is 2.78. The van der Waals surface area contributed by atoms with Gasteiger partial charge in [0.05, 0.1) is 16.7 Å². The van der Waals surface area contributed by atoms with Gasteiger partial charge in [0.1, 0.15) is 17.5 Å². The van der Waals surface area contributed by atoms with Crippen molar-refractivity contribution >= 4 is 19.9 Å². The topological polar surface area (TPSA) is 101 Å². The molecule has 24 heavy (non-hydrogen) atoms. The Morgan fingerprint density at radius 1 is 1.33 bits per heavy atom. The summed E-state index contributed by atoms with van der Waals surface area (Å²) < 4.78 is 55.5. The van der Waals surface area contributed by atoms with Crippen LogP contribution in [0, 0.1) is 0 Å². The van der Waals surface area contributed by atoms with E-state index < -0.39 is 37.6 Å². The molecular weight excluding hydrogens is 354 g/mol. The Balaban J connectivity index is 2.21. The summed E-state index contributed by atoms with van der Waals surface area (Å²) >= 11 is 0. The zero-order valence-corrected chi connectivity index (χ0v) is 15.4. The average molecular weight is 375 g/mol. The number of benzene rings is 1. The van der Waals surface area contributed by atoms with E-state index in [0.717, 1.165) is 6.26 Å². The van der Waals surface area contributed by atoms with Gasteiger partial charge in [0.2, 0.25) is 10.0 Å². The van der Waals surface area contributed by atoms with Gasteiger partial charge in [-0.15, -0.1) is 0 Å².